The molecule has 1 atom stereocenters. The van der Waals surface area contributed by atoms with E-state index in [1.54, 1.807) is 35.9 Å². The molecule has 0 aromatic carbocycles. The van der Waals surface area contributed by atoms with Crippen LogP contribution >= 0.6 is 11.6 Å². The van der Waals surface area contributed by atoms with Crippen LogP contribution in [0.1, 0.15) is 30.1 Å². The highest BCUT2D eigenvalue weighted by Crippen LogP contribution is 2.18. The van der Waals surface area contributed by atoms with E-state index in [0.29, 0.717) is 31.1 Å². The van der Waals surface area contributed by atoms with Crippen molar-refractivity contribution in [1.82, 2.24) is 20.0 Å². The largest absolute Gasteiger partial charge is 0.352 e. The average Bonchev–Trinajstić information content (AvgIpc) is 2.91. The van der Waals surface area contributed by atoms with E-state index in [2.05, 4.69) is 10.4 Å². The van der Waals surface area contributed by atoms with Crippen LogP contribution in [0.5, 0.6) is 0 Å². The van der Waals surface area contributed by atoms with Crippen LogP contribution in [0.15, 0.2) is 12.4 Å². The Balaban J connectivity index is 1.74. The van der Waals surface area contributed by atoms with E-state index in [-0.39, 0.29) is 11.8 Å². The number of nitrogens with zero attached hydrogens (tertiary/aromatic N) is 3. The van der Waals surface area contributed by atoms with E-state index in [1.165, 1.54) is 0 Å². The molecular formula is C14H21ClN4O2. The third-order valence-electron chi connectivity index (χ3n) is 3.78. The van der Waals surface area contributed by atoms with Crippen LogP contribution in [-0.2, 0) is 11.8 Å². The number of piperidine rings is 1. The van der Waals surface area contributed by atoms with E-state index in [1.807, 2.05) is 0 Å². The highest BCUT2D eigenvalue weighted by molar-refractivity contribution is 6.30. The lowest BCUT2D eigenvalue weighted by Gasteiger charge is -2.32. The van der Waals surface area contributed by atoms with E-state index < -0.39 is 5.38 Å². The quantitative estimate of drug-likeness (QED) is 0.844. The van der Waals surface area contributed by atoms with E-state index in [0.717, 1.165) is 12.8 Å². The fourth-order valence-corrected chi connectivity index (χ4v) is 2.62. The Morgan fingerprint density at radius 1 is 1.48 bits per heavy atom. The molecule has 0 spiro atoms. The molecule has 2 amide bonds. The molecule has 1 unspecified atom stereocenters. The molecule has 0 aliphatic carbocycles. The molecule has 0 bridgehead atoms. The number of nitrogens with one attached hydrogen (secondary N) is 1. The summed E-state index contributed by atoms with van der Waals surface area (Å²) in [6, 6.07) is 0. The van der Waals surface area contributed by atoms with Gasteiger partial charge in [-0.2, -0.15) is 5.10 Å². The molecule has 21 heavy (non-hydrogen) atoms. The Kier molecular flexibility index (Phi) is 5.22. The molecule has 1 aromatic rings. The third-order valence-corrected chi connectivity index (χ3v) is 3.97. The van der Waals surface area contributed by atoms with Gasteiger partial charge in [-0.1, -0.05) is 0 Å². The van der Waals surface area contributed by atoms with Crippen LogP contribution in [0.2, 0.25) is 0 Å². The summed E-state index contributed by atoms with van der Waals surface area (Å²) in [5.74, 6) is 0.297. The van der Waals surface area contributed by atoms with E-state index in [9.17, 15) is 9.59 Å². The summed E-state index contributed by atoms with van der Waals surface area (Å²) in [6.07, 6.45) is 5.03. The molecule has 0 saturated carbocycles. The first-order valence-electron chi connectivity index (χ1n) is 7.17. The van der Waals surface area contributed by atoms with Crippen molar-refractivity contribution in [1.29, 1.82) is 0 Å². The minimum Gasteiger partial charge on any atom is -0.352 e. The summed E-state index contributed by atoms with van der Waals surface area (Å²) in [5.41, 5.74) is 0.570. The zero-order valence-electron chi connectivity index (χ0n) is 12.4. The Morgan fingerprint density at radius 2 is 2.14 bits per heavy atom. The van der Waals surface area contributed by atoms with Gasteiger partial charge in [0.05, 0.1) is 11.8 Å². The number of aryl methyl sites for hydroxylation is 1. The zero-order chi connectivity index (χ0) is 15.4. The molecule has 1 aromatic heterocycles. The lowest BCUT2D eigenvalue weighted by molar-refractivity contribution is -0.131. The van der Waals surface area contributed by atoms with Gasteiger partial charge in [0, 0.05) is 32.9 Å². The maximum atomic E-state index is 11.9. The van der Waals surface area contributed by atoms with Gasteiger partial charge >= 0.3 is 0 Å². The maximum absolute atomic E-state index is 11.9. The number of carbonyl (C=O) groups excluding carboxylic acids is 2. The summed E-state index contributed by atoms with van der Waals surface area (Å²) in [6.45, 7) is 3.75. The van der Waals surface area contributed by atoms with Crippen LogP contribution in [-0.4, -0.2) is 51.5 Å². The number of rotatable bonds is 4. The summed E-state index contributed by atoms with van der Waals surface area (Å²) in [4.78, 5) is 25.5. The van der Waals surface area contributed by atoms with E-state index >= 15 is 0 Å². The second-order valence-corrected chi connectivity index (χ2v) is 6.15. The van der Waals surface area contributed by atoms with Crippen LogP contribution < -0.4 is 5.32 Å². The number of likely N-dealkylation sites (tertiary alicyclic amines) is 1. The number of alkyl halides is 1. The van der Waals surface area contributed by atoms with Crippen LogP contribution in [0.3, 0.4) is 0 Å². The normalized spacial score (nSPS) is 17.6. The van der Waals surface area contributed by atoms with Gasteiger partial charge in [0.1, 0.15) is 5.38 Å². The van der Waals surface area contributed by atoms with E-state index in [4.69, 9.17) is 11.6 Å². The first-order chi connectivity index (χ1) is 9.97. The maximum Gasteiger partial charge on any atom is 0.254 e. The minimum absolute atomic E-state index is 0.00508. The molecule has 1 saturated heterocycles. The van der Waals surface area contributed by atoms with Gasteiger partial charge in [-0.3, -0.25) is 14.3 Å². The van der Waals surface area contributed by atoms with Gasteiger partial charge in [-0.05, 0) is 25.7 Å². The van der Waals surface area contributed by atoms with Crippen LogP contribution in [0.4, 0.5) is 0 Å². The van der Waals surface area contributed by atoms with Crippen LogP contribution in [0.25, 0.3) is 0 Å². The van der Waals surface area contributed by atoms with Crippen molar-refractivity contribution in [3.8, 4) is 0 Å². The van der Waals surface area contributed by atoms with Gasteiger partial charge in [0.15, 0.2) is 0 Å². The van der Waals surface area contributed by atoms with Crippen molar-refractivity contribution in [2.75, 3.05) is 19.6 Å². The molecule has 0 radical (unpaired) electrons. The predicted molar refractivity (Wildman–Crippen MR) is 80.2 cm³/mol. The Morgan fingerprint density at radius 3 is 2.67 bits per heavy atom. The van der Waals surface area contributed by atoms with Gasteiger partial charge in [-0.25, -0.2) is 0 Å². The standard InChI is InChI=1S/C14H21ClN4O2/c1-10(15)14(21)19-5-3-11(4-6-19)7-16-13(20)12-8-17-18(2)9-12/h8-11H,3-7H2,1-2H3,(H,16,20). The molecule has 1 aliphatic heterocycles. The van der Waals surface area contributed by atoms with Gasteiger partial charge < -0.3 is 10.2 Å². The smallest absolute Gasteiger partial charge is 0.254 e. The Labute approximate surface area is 129 Å². The first kappa shape index (κ1) is 15.8. The molecule has 1 fully saturated rings. The summed E-state index contributed by atoms with van der Waals surface area (Å²) in [5, 5.41) is 6.44. The van der Waals surface area contributed by atoms with Crippen LogP contribution in [0, 0.1) is 5.92 Å². The molecular weight excluding hydrogens is 292 g/mol. The number of hydrogen-bond donors (Lipinski definition) is 1. The monoisotopic (exact) mass is 312 g/mol. The van der Waals surface area contributed by atoms with Crippen molar-refractivity contribution in [2.24, 2.45) is 13.0 Å². The van der Waals surface area contributed by atoms with Crippen molar-refractivity contribution < 1.29 is 9.59 Å². The summed E-state index contributed by atoms with van der Waals surface area (Å²) < 4.78 is 1.60. The fourth-order valence-electron chi connectivity index (χ4n) is 2.49. The zero-order valence-corrected chi connectivity index (χ0v) is 13.1. The lowest BCUT2D eigenvalue weighted by Crippen LogP contribution is -2.43. The second kappa shape index (κ2) is 6.93. The molecule has 6 nitrogen and oxygen atoms in total. The van der Waals surface area contributed by atoms with Gasteiger partial charge in [-0.15, -0.1) is 11.6 Å². The Hall–Kier alpha value is -1.56. The van der Waals surface area contributed by atoms with Crippen molar-refractivity contribution >= 4 is 23.4 Å². The van der Waals surface area contributed by atoms with Crippen molar-refractivity contribution in [3.05, 3.63) is 18.0 Å². The predicted octanol–water partition coefficient (Wildman–Crippen LogP) is 1.02. The Bertz CT molecular complexity index is 507. The number of hydrogen-bond acceptors (Lipinski definition) is 3. The van der Waals surface area contributed by atoms with Crippen molar-refractivity contribution in [3.63, 3.8) is 0 Å². The average molecular weight is 313 g/mol. The fraction of sp³-hybridized carbons (Fsp3) is 0.643. The molecule has 2 heterocycles. The molecule has 2 rings (SSSR count). The molecule has 116 valence electrons. The highest BCUT2D eigenvalue weighted by atomic mass is 35.5. The third kappa shape index (κ3) is 4.20. The SMILES string of the molecule is CC(Cl)C(=O)N1CCC(CNC(=O)c2cnn(C)c2)CC1. The topological polar surface area (TPSA) is 67.2 Å². The molecule has 1 aliphatic rings. The number of aromatic nitrogens is 2. The van der Waals surface area contributed by atoms with Crippen molar-refractivity contribution in [2.45, 2.75) is 25.1 Å². The number of carbonyl (C=O) groups is 2. The summed E-state index contributed by atoms with van der Waals surface area (Å²) >= 11 is 5.81. The molecule has 1 N–H and O–H groups in total. The van der Waals surface area contributed by atoms with Gasteiger partial charge in [0.25, 0.3) is 5.91 Å². The van der Waals surface area contributed by atoms with Gasteiger partial charge in [0.2, 0.25) is 5.91 Å². The second-order valence-electron chi connectivity index (χ2n) is 5.50. The summed E-state index contributed by atoms with van der Waals surface area (Å²) in [7, 11) is 1.78. The number of halogens is 1. The molecule has 7 heteroatoms. The minimum atomic E-state index is -0.466. The lowest BCUT2D eigenvalue weighted by atomic mass is 9.96. The number of amides is 2. The highest BCUT2D eigenvalue weighted by Gasteiger charge is 2.25. The first-order valence-corrected chi connectivity index (χ1v) is 7.60.